The monoisotopic (exact) mass is 281 g/mol. The van der Waals surface area contributed by atoms with E-state index in [1.807, 2.05) is 0 Å². The molecule has 102 valence electrons. The van der Waals surface area contributed by atoms with Crippen LogP contribution in [0, 0.1) is 5.82 Å². The van der Waals surface area contributed by atoms with Gasteiger partial charge in [-0.15, -0.1) is 0 Å². The summed E-state index contributed by atoms with van der Waals surface area (Å²) in [6, 6.07) is 4.82. The number of methoxy groups -OCH3 is 1. The second-order valence-electron chi connectivity index (χ2n) is 4.08. The minimum Gasteiger partial charge on any atom is -0.494 e. The largest absolute Gasteiger partial charge is 0.494 e. The second-order valence-corrected chi connectivity index (χ2v) is 4.64. The molecule has 19 heavy (non-hydrogen) atoms. The van der Waals surface area contributed by atoms with Crippen molar-refractivity contribution in [1.82, 2.24) is 14.1 Å². The fraction of sp³-hybridized carbons (Fsp3) is 0.385. The number of rotatable bonds is 6. The quantitative estimate of drug-likeness (QED) is 0.884. The van der Waals surface area contributed by atoms with Gasteiger partial charge in [0.1, 0.15) is 0 Å². The molecule has 6 heteroatoms. The zero-order chi connectivity index (χ0) is 13.7. The van der Waals surface area contributed by atoms with Gasteiger partial charge in [0.2, 0.25) is 0 Å². The first-order valence-corrected chi connectivity index (χ1v) is 6.84. The van der Waals surface area contributed by atoms with Gasteiger partial charge in [0, 0.05) is 5.56 Å². The van der Waals surface area contributed by atoms with Gasteiger partial charge < -0.3 is 10.1 Å². The van der Waals surface area contributed by atoms with Crippen LogP contribution in [-0.2, 0) is 0 Å². The molecule has 0 aliphatic carbocycles. The molecule has 1 N–H and O–H groups in total. The second kappa shape index (κ2) is 6.58. The summed E-state index contributed by atoms with van der Waals surface area (Å²) in [6.07, 6.45) is 2.62. The molecule has 0 amide bonds. The van der Waals surface area contributed by atoms with E-state index >= 15 is 0 Å². The van der Waals surface area contributed by atoms with E-state index in [0.29, 0.717) is 5.56 Å². The molecule has 4 nitrogen and oxygen atoms in total. The van der Waals surface area contributed by atoms with Crippen molar-refractivity contribution in [1.29, 1.82) is 0 Å². The lowest BCUT2D eigenvalue weighted by atomic mass is 10.0. The van der Waals surface area contributed by atoms with E-state index in [1.54, 1.807) is 24.4 Å². The number of hydrogen-bond donors (Lipinski definition) is 1. The summed E-state index contributed by atoms with van der Waals surface area (Å²) < 4.78 is 27.5. The van der Waals surface area contributed by atoms with Gasteiger partial charge in [0.05, 0.1) is 36.8 Å². The maximum Gasteiger partial charge on any atom is 0.170 e. The number of hydrogen-bond acceptors (Lipinski definition) is 5. The van der Waals surface area contributed by atoms with Crippen molar-refractivity contribution in [3.63, 3.8) is 0 Å². The van der Waals surface area contributed by atoms with Crippen molar-refractivity contribution < 1.29 is 9.13 Å². The maximum absolute atomic E-state index is 14.3. The Labute approximate surface area is 116 Å². The first kappa shape index (κ1) is 13.9. The van der Waals surface area contributed by atoms with Crippen LogP contribution in [0.25, 0.3) is 0 Å². The molecule has 1 heterocycles. The highest BCUT2D eigenvalue weighted by molar-refractivity contribution is 6.99. The number of ether oxygens (including phenoxy) is 1. The number of halogens is 1. The Bertz CT molecular complexity index is 519. The molecule has 1 atom stereocenters. The molecule has 0 saturated carbocycles. The number of benzene rings is 1. The van der Waals surface area contributed by atoms with Crippen molar-refractivity contribution in [2.75, 3.05) is 13.7 Å². The van der Waals surface area contributed by atoms with E-state index < -0.39 is 0 Å². The molecule has 0 radical (unpaired) electrons. The normalized spacial score (nSPS) is 12.4. The van der Waals surface area contributed by atoms with E-state index in [4.69, 9.17) is 4.74 Å². The van der Waals surface area contributed by atoms with Crippen molar-refractivity contribution in [3.8, 4) is 5.75 Å². The first-order chi connectivity index (χ1) is 9.27. The van der Waals surface area contributed by atoms with Gasteiger partial charge in [0.15, 0.2) is 11.6 Å². The van der Waals surface area contributed by atoms with Gasteiger partial charge in [-0.3, -0.25) is 0 Å². The van der Waals surface area contributed by atoms with Crippen molar-refractivity contribution >= 4 is 11.7 Å². The summed E-state index contributed by atoms with van der Waals surface area (Å²) in [5, 5.41) is 3.29. The van der Waals surface area contributed by atoms with Crippen molar-refractivity contribution in [2.24, 2.45) is 0 Å². The highest BCUT2D eigenvalue weighted by atomic mass is 32.1. The van der Waals surface area contributed by atoms with Crippen LogP contribution in [0.4, 0.5) is 4.39 Å². The molecule has 0 fully saturated rings. The van der Waals surface area contributed by atoms with E-state index in [1.165, 1.54) is 7.11 Å². The average Bonchev–Trinajstić information content (AvgIpc) is 2.95. The Morgan fingerprint density at radius 1 is 1.47 bits per heavy atom. The summed E-state index contributed by atoms with van der Waals surface area (Å²) in [7, 11) is 1.46. The summed E-state index contributed by atoms with van der Waals surface area (Å²) in [6.45, 7) is 2.84. The number of nitrogens with zero attached hydrogens (tertiary/aromatic N) is 2. The fourth-order valence-electron chi connectivity index (χ4n) is 1.87. The molecule has 1 aromatic carbocycles. The number of nitrogens with one attached hydrogen (secondary N) is 1. The molecule has 1 unspecified atom stereocenters. The Kier molecular flexibility index (Phi) is 4.81. The van der Waals surface area contributed by atoms with Crippen LogP contribution in [0.1, 0.15) is 30.6 Å². The highest BCUT2D eigenvalue weighted by Crippen LogP contribution is 2.28. The van der Waals surface area contributed by atoms with E-state index in [-0.39, 0.29) is 17.6 Å². The van der Waals surface area contributed by atoms with E-state index in [0.717, 1.165) is 30.4 Å². The van der Waals surface area contributed by atoms with E-state index in [2.05, 4.69) is 21.0 Å². The number of aromatic nitrogens is 2. The molecular weight excluding hydrogens is 265 g/mol. The Hall–Kier alpha value is -1.53. The van der Waals surface area contributed by atoms with Crippen LogP contribution in [0.3, 0.4) is 0 Å². The van der Waals surface area contributed by atoms with E-state index in [9.17, 15) is 4.39 Å². The highest BCUT2D eigenvalue weighted by Gasteiger charge is 2.21. The van der Waals surface area contributed by atoms with Gasteiger partial charge in [-0.25, -0.2) is 4.39 Å². The summed E-state index contributed by atoms with van der Waals surface area (Å²) in [4.78, 5) is 0. The molecule has 2 aromatic rings. The fourth-order valence-corrected chi connectivity index (χ4v) is 2.32. The molecule has 2 rings (SSSR count). The van der Waals surface area contributed by atoms with Gasteiger partial charge in [-0.1, -0.05) is 19.1 Å². The molecular formula is C13H16FN3OS. The first-order valence-electron chi connectivity index (χ1n) is 6.11. The van der Waals surface area contributed by atoms with Gasteiger partial charge >= 0.3 is 0 Å². The predicted octanol–water partition coefficient (Wildman–Crippen LogP) is 2.77. The Morgan fingerprint density at radius 2 is 2.32 bits per heavy atom. The van der Waals surface area contributed by atoms with Crippen molar-refractivity contribution in [3.05, 3.63) is 41.5 Å². The average molecular weight is 281 g/mol. The minimum absolute atomic E-state index is 0.240. The third-order valence-corrected chi connectivity index (χ3v) is 3.29. The zero-order valence-electron chi connectivity index (χ0n) is 10.9. The predicted molar refractivity (Wildman–Crippen MR) is 73.0 cm³/mol. The third kappa shape index (κ3) is 3.08. The lowest BCUT2D eigenvalue weighted by molar-refractivity contribution is 0.381. The van der Waals surface area contributed by atoms with Crippen LogP contribution >= 0.6 is 11.7 Å². The Balaban J connectivity index is 2.38. The maximum atomic E-state index is 14.3. The van der Waals surface area contributed by atoms with Gasteiger partial charge in [0.25, 0.3) is 0 Å². The lowest BCUT2D eigenvalue weighted by Crippen LogP contribution is -2.24. The van der Waals surface area contributed by atoms with Crippen LogP contribution < -0.4 is 10.1 Å². The molecule has 1 aromatic heterocycles. The molecule has 0 saturated heterocycles. The summed E-state index contributed by atoms with van der Waals surface area (Å²) in [5.41, 5.74) is 1.26. The lowest BCUT2D eigenvalue weighted by Gasteiger charge is -2.18. The molecule has 0 bridgehead atoms. The zero-order valence-corrected chi connectivity index (χ0v) is 11.7. The Morgan fingerprint density at radius 3 is 2.95 bits per heavy atom. The molecule has 0 aliphatic rings. The molecule has 0 spiro atoms. The minimum atomic E-state index is -0.355. The SMILES string of the molecule is CCCNC(c1cnsn1)c1cccc(OC)c1F. The van der Waals surface area contributed by atoms with Crippen LogP contribution in [0.5, 0.6) is 5.75 Å². The van der Waals surface area contributed by atoms with Crippen LogP contribution in [0.2, 0.25) is 0 Å². The third-order valence-electron chi connectivity index (χ3n) is 2.80. The van der Waals surface area contributed by atoms with Crippen molar-refractivity contribution in [2.45, 2.75) is 19.4 Å². The standard InChI is InChI=1S/C13H16FN3OS/c1-3-7-15-13(10-8-16-19-17-10)9-5-4-6-11(18-2)12(9)14/h4-6,8,13,15H,3,7H2,1-2H3. The van der Waals surface area contributed by atoms with Crippen LogP contribution in [-0.4, -0.2) is 22.4 Å². The van der Waals surface area contributed by atoms with Gasteiger partial charge in [-0.05, 0) is 19.0 Å². The molecule has 0 aliphatic heterocycles. The summed E-state index contributed by atoms with van der Waals surface area (Å²) >= 11 is 1.12. The van der Waals surface area contributed by atoms with Crippen LogP contribution in [0.15, 0.2) is 24.4 Å². The summed E-state index contributed by atoms with van der Waals surface area (Å²) in [5.74, 6) is -0.115. The topological polar surface area (TPSA) is 47.0 Å². The van der Waals surface area contributed by atoms with Gasteiger partial charge in [-0.2, -0.15) is 8.75 Å². The smallest absolute Gasteiger partial charge is 0.170 e.